The Hall–Kier alpha value is -0.740. The van der Waals surface area contributed by atoms with Gasteiger partial charge in [-0.05, 0) is 26.9 Å². The summed E-state index contributed by atoms with van der Waals surface area (Å²) in [4.78, 5) is 10.1. The highest BCUT2D eigenvalue weighted by Crippen LogP contribution is 2.05. The molecule has 0 aliphatic carbocycles. The van der Waals surface area contributed by atoms with Crippen LogP contribution in [0.4, 0.5) is 0 Å². The summed E-state index contributed by atoms with van der Waals surface area (Å²) in [5.41, 5.74) is 2.22. The van der Waals surface area contributed by atoms with Crippen molar-refractivity contribution in [2.75, 3.05) is 19.6 Å². The minimum atomic E-state index is 0.728. The van der Waals surface area contributed by atoms with Crippen LogP contribution in [0.3, 0.4) is 0 Å². The lowest BCUT2D eigenvalue weighted by Gasteiger charge is -2.17. The SMILES string of the molecule is CCN(CC)CCc1nc(=S)c(C)c(C)[nH]1. The summed E-state index contributed by atoms with van der Waals surface area (Å²) in [5, 5.41) is 0. The highest BCUT2D eigenvalue weighted by atomic mass is 32.1. The molecule has 0 aromatic carbocycles. The number of nitrogens with one attached hydrogen (secondary N) is 1. The van der Waals surface area contributed by atoms with Gasteiger partial charge in [-0.25, -0.2) is 4.98 Å². The zero-order chi connectivity index (χ0) is 12.1. The molecule has 1 aromatic heterocycles. The molecule has 0 saturated carbocycles. The van der Waals surface area contributed by atoms with Crippen LogP contribution in [-0.2, 0) is 6.42 Å². The number of rotatable bonds is 5. The standard InChI is InChI=1S/C12H21N3S/c1-5-15(6-2)8-7-11-13-10(4)9(3)12(16)14-11/h5-8H2,1-4H3,(H,13,14,16). The third-order valence-electron chi connectivity index (χ3n) is 3.01. The second-order valence-corrected chi connectivity index (χ2v) is 4.40. The first kappa shape index (κ1) is 13.3. The molecule has 0 amide bonds. The summed E-state index contributed by atoms with van der Waals surface area (Å²) in [7, 11) is 0. The van der Waals surface area contributed by atoms with Crippen LogP contribution in [0.5, 0.6) is 0 Å². The van der Waals surface area contributed by atoms with Crippen molar-refractivity contribution in [2.24, 2.45) is 0 Å². The van der Waals surface area contributed by atoms with Crippen molar-refractivity contribution in [3.05, 3.63) is 21.7 Å². The molecule has 1 N–H and O–H groups in total. The second-order valence-electron chi connectivity index (χ2n) is 4.02. The summed E-state index contributed by atoms with van der Waals surface area (Å²) >= 11 is 5.22. The van der Waals surface area contributed by atoms with Crippen LogP contribution >= 0.6 is 12.2 Å². The zero-order valence-corrected chi connectivity index (χ0v) is 11.4. The average Bonchev–Trinajstić information content (AvgIpc) is 2.27. The molecule has 16 heavy (non-hydrogen) atoms. The summed E-state index contributed by atoms with van der Waals surface area (Å²) < 4.78 is 0.728. The van der Waals surface area contributed by atoms with Crippen LogP contribution in [0.25, 0.3) is 0 Å². The fourth-order valence-corrected chi connectivity index (χ4v) is 1.89. The normalized spacial score (nSPS) is 11.1. The van der Waals surface area contributed by atoms with E-state index in [1.165, 1.54) is 0 Å². The molecule has 0 fully saturated rings. The van der Waals surface area contributed by atoms with Crippen molar-refractivity contribution < 1.29 is 0 Å². The Balaban J connectivity index is 2.72. The molecule has 0 aliphatic heterocycles. The van der Waals surface area contributed by atoms with E-state index in [4.69, 9.17) is 12.2 Å². The monoisotopic (exact) mass is 239 g/mol. The lowest BCUT2D eigenvalue weighted by molar-refractivity contribution is 0.305. The highest BCUT2D eigenvalue weighted by molar-refractivity contribution is 7.71. The summed E-state index contributed by atoms with van der Waals surface area (Å²) in [5.74, 6) is 1.00. The maximum atomic E-state index is 5.22. The van der Waals surface area contributed by atoms with Gasteiger partial charge in [-0.2, -0.15) is 0 Å². The Morgan fingerprint density at radius 2 is 1.88 bits per heavy atom. The van der Waals surface area contributed by atoms with Gasteiger partial charge in [0.15, 0.2) is 0 Å². The van der Waals surface area contributed by atoms with E-state index in [1.54, 1.807) is 0 Å². The molecule has 0 aliphatic rings. The van der Waals surface area contributed by atoms with Gasteiger partial charge in [-0.3, -0.25) is 0 Å². The molecule has 90 valence electrons. The van der Waals surface area contributed by atoms with Crippen molar-refractivity contribution in [1.82, 2.24) is 14.9 Å². The van der Waals surface area contributed by atoms with E-state index >= 15 is 0 Å². The van der Waals surface area contributed by atoms with Gasteiger partial charge in [0.2, 0.25) is 0 Å². The van der Waals surface area contributed by atoms with E-state index < -0.39 is 0 Å². The molecule has 1 rings (SSSR count). The Bertz CT molecular complexity index is 394. The first-order valence-corrected chi connectivity index (χ1v) is 6.28. The molecule has 0 spiro atoms. The number of nitrogens with zero attached hydrogens (tertiary/aromatic N) is 2. The summed E-state index contributed by atoms with van der Waals surface area (Å²) in [6.45, 7) is 11.6. The van der Waals surface area contributed by atoms with E-state index in [2.05, 4.69) is 28.7 Å². The van der Waals surface area contributed by atoms with Crippen molar-refractivity contribution in [3.63, 3.8) is 0 Å². The Morgan fingerprint density at radius 1 is 1.25 bits per heavy atom. The fraction of sp³-hybridized carbons (Fsp3) is 0.667. The predicted octanol–water partition coefficient (Wildman–Crippen LogP) is 2.64. The molecular weight excluding hydrogens is 218 g/mol. The van der Waals surface area contributed by atoms with Gasteiger partial charge in [0.25, 0.3) is 0 Å². The molecule has 1 heterocycles. The number of aromatic nitrogens is 2. The Labute approximate surface area is 103 Å². The van der Waals surface area contributed by atoms with E-state index in [0.29, 0.717) is 0 Å². The smallest absolute Gasteiger partial charge is 0.132 e. The number of aromatic amines is 1. The molecule has 1 aromatic rings. The molecule has 0 saturated heterocycles. The number of aryl methyl sites for hydroxylation is 1. The minimum Gasteiger partial charge on any atom is -0.347 e. The molecular formula is C12H21N3S. The Morgan fingerprint density at radius 3 is 2.38 bits per heavy atom. The molecule has 0 radical (unpaired) electrons. The largest absolute Gasteiger partial charge is 0.347 e. The minimum absolute atomic E-state index is 0.728. The van der Waals surface area contributed by atoms with Gasteiger partial charge >= 0.3 is 0 Å². The number of hydrogen-bond donors (Lipinski definition) is 1. The van der Waals surface area contributed by atoms with E-state index in [1.807, 2.05) is 13.8 Å². The lowest BCUT2D eigenvalue weighted by atomic mass is 10.2. The quantitative estimate of drug-likeness (QED) is 0.802. The van der Waals surface area contributed by atoms with E-state index in [0.717, 1.165) is 47.8 Å². The molecule has 3 nitrogen and oxygen atoms in total. The fourth-order valence-electron chi connectivity index (χ4n) is 1.63. The van der Waals surface area contributed by atoms with Gasteiger partial charge in [0.05, 0.1) is 0 Å². The van der Waals surface area contributed by atoms with Crippen LogP contribution in [-0.4, -0.2) is 34.5 Å². The molecule has 4 heteroatoms. The van der Waals surface area contributed by atoms with Crippen molar-refractivity contribution in [3.8, 4) is 0 Å². The van der Waals surface area contributed by atoms with Gasteiger partial charge in [0.1, 0.15) is 10.5 Å². The van der Waals surface area contributed by atoms with Gasteiger partial charge in [-0.1, -0.05) is 26.1 Å². The second kappa shape index (κ2) is 6.11. The Kier molecular flexibility index (Phi) is 5.09. The first-order chi connectivity index (χ1) is 7.58. The van der Waals surface area contributed by atoms with Crippen LogP contribution in [0.1, 0.15) is 30.9 Å². The van der Waals surface area contributed by atoms with Gasteiger partial charge < -0.3 is 9.88 Å². The first-order valence-electron chi connectivity index (χ1n) is 5.87. The lowest BCUT2D eigenvalue weighted by Crippen LogP contribution is -2.26. The maximum absolute atomic E-state index is 5.22. The van der Waals surface area contributed by atoms with Crippen molar-refractivity contribution >= 4 is 12.2 Å². The molecule has 0 bridgehead atoms. The number of hydrogen-bond acceptors (Lipinski definition) is 3. The van der Waals surface area contributed by atoms with E-state index in [9.17, 15) is 0 Å². The topological polar surface area (TPSA) is 31.9 Å². The van der Waals surface area contributed by atoms with Crippen molar-refractivity contribution in [2.45, 2.75) is 34.1 Å². The molecule has 0 atom stereocenters. The van der Waals surface area contributed by atoms with Gasteiger partial charge in [-0.15, -0.1) is 0 Å². The van der Waals surface area contributed by atoms with Crippen LogP contribution in [0.2, 0.25) is 0 Å². The van der Waals surface area contributed by atoms with Crippen LogP contribution in [0.15, 0.2) is 0 Å². The predicted molar refractivity (Wildman–Crippen MR) is 70.4 cm³/mol. The van der Waals surface area contributed by atoms with Crippen molar-refractivity contribution in [1.29, 1.82) is 0 Å². The maximum Gasteiger partial charge on any atom is 0.132 e. The number of H-pyrrole nitrogens is 1. The van der Waals surface area contributed by atoms with Crippen LogP contribution < -0.4 is 0 Å². The van der Waals surface area contributed by atoms with Gasteiger partial charge in [0, 0.05) is 24.2 Å². The summed E-state index contributed by atoms with van der Waals surface area (Å²) in [6, 6.07) is 0. The van der Waals surface area contributed by atoms with E-state index in [-0.39, 0.29) is 0 Å². The summed E-state index contributed by atoms with van der Waals surface area (Å²) in [6.07, 6.45) is 0.937. The van der Waals surface area contributed by atoms with Crippen LogP contribution in [0, 0.1) is 18.5 Å². The molecule has 0 unspecified atom stereocenters. The zero-order valence-electron chi connectivity index (χ0n) is 10.6. The number of likely N-dealkylation sites (N-methyl/N-ethyl adjacent to an activating group) is 1. The third-order valence-corrected chi connectivity index (χ3v) is 3.41. The highest BCUT2D eigenvalue weighted by Gasteiger charge is 2.04. The third kappa shape index (κ3) is 3.39. The average molecular weight is 239 g/mol.